The molecule has 3 aromatic rings. The molecule has 0 aliphatic carbocycles. The zero-order chi connectivity index (χ0) is 21.3. The maximum absolute atomic E-state index is 13.3. The van der Waals surface area contributed by atoms with Crippen LogP contribution in [0.1, 0.15) is 15.2 Å². The molecule has 6 nitrogen and oxygen atoms in total. The quantitative estimate of drug-likeness (QED) is 0.548. The van der Waals surface area contributed by atoms with Gasteiger partial charge in [-0.2, -0.15) is 0 Å². The van der Waals surface area contributed by atoms with Crippen molar-refractivity contribution >= 4 is 50.1 Å². The average molecular weight is 461 g/mol. The summed E-state index contributed by atoms with van der Waals surface area (Å²) in [6, 6.07) is 15.5. The number of hydrogen-bond donors (Lipinski definition) is 1. The predicted octanol–water partition coefficient (Wildman–Crippen LogP) is 4.90. The van der Waals surface area contributed by atoms with E-state index in [1.165, 1.54) is 21.8 Å². The lowest BCUT2D eigenvalue weighted by molar-refractivity contribution is 0.104. The number of nitrogens with zero attached hydrogens (tertiary/aromatic N) is 1. The van der Waals surface area contributed by atoms with Crippen LogP contribution >= 0.6 is 22.9 Å². The first kappa shape index (κ1) is 20.5. The van der Waals surface area contributed by atoms with E-state index in [1.54, 1.807) is 67.1 Å². The van der Waals surface area contributed by atoms with E-state index >= 15 is 0 Å². The first-order valence-corrected chi connectivity index (χ1v) is 11.6. The third-order valence-electron chi connectivity index (χ3n) is 4.61. The second kappa shape index (κ2) is 8.14. The normalized spacial score (nSPS) is 16.4. The zero-order valence-electron chi connectivity index (χ0n) is 15.8. The van der Waals surface area contributed by atoms with Crippen LogP contribution in [0.15, 0.2) is 71.1 Å². The van der Waals surface area contributed by atoms with Crippen LogP contribution in [0.2, 0.25) is 5.02 Å². The van der Waals surface area contributed by atoms with Crippen molar-refractivity contribution in [2.75, 3.05) is 16.7 Å². The van der Waals surface area contributed by atoms with Crippen LogP contribution in [-0.4, -0.2) is 21.3 Å². The number of sulfonamides is 1. The van der Waals surface area contributed by atoms with E-state index in [0.29, 0.717) is 27.0 Å². The van der Waals surface area contributed by atoms with Gasteiger partial charge in [-0.1, -0.05) is 23.7 Å². The van der Waals surface area contributed by atoms with Gasteiger partial charge in [0.15, 0.2) is 4.91 Å². The summed E-state index contributed by atoms with van der Waals surface area (Å²) < 4.78 is 33.0. The van der Waals surface area contributed by atoms with E-state index in [-0.39, 0.29) is 11.4 Å². The van der Waals surface area contributed by atoms with E-state index in [0.717, 1.165) is 5.56 Å². The number of fused-ring (bicyclic) bond motifs is 1. The largest absolute Gasteiger partial charge is 0.497 e. The summed E-state index contributed by atoms with van der Waals surface area (Å²) in [4.78, 5) is 13.0. The van der Waals surface area contributed by atoms with Gasteiger partial charge < -0.3 is 10.1 Å². The van der Waals surface area contributed by atoms with Gasteiger partial charge in [-0.05, 0) is 53.4 Å². The Labute approximate surface area is 183 Å². The second-order valence-corrected chi connectivity index (χ2v) is 9.67. The number of rotatable bonds is 5. The van der Waals surface area contributed by atoms with Gasteiger partial charge in [0.2, 0.25) is 5.78 Å². The fourth-order valence-electron chi connectivity index (χ4n) is 3.05. The van der Waals surface area contributed by atoms with Crippen molar-refractivity contribution in [3.05, 3.63) is 86.5 Å². The van der Waals surface area contributed by atoms with E-state index in [4.69, 9.17) is 16.3 Å². The topological polar surface area (TPSA) is 75.7 Å². The molecule has 4 rings (SSSR count). The summed E-state index contributed by atoms with van der Waals surface area (Å²) in [5, 5.41) is 5.19. The number of methoxy groups -OCH3 is 1. The van der Waals surface area contributed by atoms with Gasteiger partial charge in [0.25, 0.3) is 10.0 Å². The number of allylic oxidation sites excluding steroid dienone is 1. The summed E-state index contributed by atoms with van der Waals surface area (Å²) in [5.41, 5.74) is 1.78. The van der Waals surface area contributed by atoms with Crippen LogP contribution in [0.3, 0.4) is 0 Å². The summed E-state index contributed by atoms with van der Waals surface area (Å²) in [5.74, 6) is 0.153. The maximum Gasteiger partial charge on any atom is 0.270 e. The number of ketones is 1. The molecule has 0 bridgehead atoms. The number of hydrogen-bond acceptors (Lipinski definition) is 6. The Hall–Kier alpha value is -2.81. The molecule has 0 radical (unpaired) electrons. The lowest BCUT2D eigenvalue weighted by Crippen LogP contribution is -2.38. The molecule has 0 amide bonds. The Morgan fingerprint density at radius 3 is 2.47 bits per heavy atom. The molecular weight excluding hydrogens is 444 g/mol. The molecule has 1 N–H and O–H groups in total. The molecule has 9 heteroatoms. The van der Waals surface area contributed by atoms with Crippen molar-refractivity contribution in [1.29, 1.82) is 0 Å². The minimum absolute atomic E-state index is 0.0936. The molecule has 30 heavy (non-hydrogen) atoms. The molecular formula is C21H17ClN2O4S2. The third-order valence-corrected chi connectivity index (χ3v) is 7.53. The average Bonchev–Trinajstić information content (AvgIpc) is 3.22. The van der Waals surface area contributed by atoms with Crippen LogP contribution in [0.5, 0.6) is 5.75 Å². The minimum atomic E-state index is -4.06. The van der Waals surface area contributed by atoms with Crippen molar-refractivity contribution < 1.29 is 17.9 Å². The number of ether oxygens (including phenoxy) is 1. The second-order valence-electron chi connectivity index (χ2n) is 6.48. The summed E-state index contributed by atoms with van der Waals surface area (Å²) in [7, 11) is -2.50. The first-order valence-electron chi connectivity index (χ1n) is 8.90. The summed E-state index contributed by atoms with van der Waals surface area (Å²) >= 11 is 7.15. The molecule has 1 aromatic heterocycles. The molecule has 1 aliphatic rings. The zero-order valence-corrected chi connectivity index (χ0v) is 18.2. The molecule has 0 saturated carbocycles. The lowest BCUT2D eigenvalue weighted by atomic mass is 10.2. The van der Waals surface area contributed by atoms with Gasteiger partial charge in [0.05, 0.1) is 19.3 Å². The maximum atomic E-state index is 13.3. The number of thiophene rings is 1. The molecule has 154 valence electrons. The Balaban J connectivity index is 1.70. The predicted molar refractivity (Wildman–Crippen MR) is 120 cm³/mol. The van der Waals surface area contributed by atoms with Crippen molar-refractivity contribution in [3.8, 4) is 5.75 Å². The molecule has 2 aromatic carbocycles. The van der Waals surface area contributed by atoms with Crippen molar-refractivity contribution in [3.63, 3.8) is 0 Å². The van der Waals surface area contributed by atoms with Crippen molar-refractivity contribution in [1.82, 2.24) is 0 Å². The third kappa shape index (κ3) is 3.81. The molecule has 0 unspecified atom stereocenters. The highest BCUT2D eigenvalue weighted by Crippen LogP contribution is 2.39. The van der Waals surface area contributed by atoms with Gasteiger partial charge >= 0.3 is 0 Å². The van der Waals surface area contributed by atoms with Crippen LogP contribution in [-0.2, 0) is 16.6 Å². The molecule has 0 spiro atoms. The van der Waals surface area contributed by atoms with Crippen LogP contribution in [0.4, 0.5) is 11.4 Å². The highest BCUT2D eigenvalue weighted by atomic mass is 35.5. The smallest absolute Gasteiger partial charge is 0.270 e. The molecule has 0 atom stereocenters. The Morgan fingerprint density at radius 1 is 1.10 bits per heavy atom. The Bertz CT molecular complexity index is 1220. The number of Topliss-reactive ketones (excluding diaryl/α,β-unsaturated/α-hetero) is 1. The number of carbonyl (C=O) groups excluding carboxylic acids is 1. The van der Waals surface area contributed by atoms with Gasteiger partial charge in [-0.15, -0.1) is 11.3 Å². The van der Waals surface area contributed by atoms with Gasteiger partial charge in [-0.3, -0.25) is 9.10 Å². The highest BCUT2D eigenvalue weighted by Gasteiger charge is 2.41. The highest BCUT2D eigenvalue weighted by molar-refractivity contribution is 7.97. The summed E-state index contributed by atoms with van der Waals surface area (Å²) in [6.45, 7) is 0.0936. The van der Waals surface area contributed by atoms with Crippen LogP contribution < -0.4 is 14.4 Å². The van der Waals surface area contributed by atoms with E-state index < -0.39 is 15.8 Å². The minimum Gasteiger partial charge on any atom is -0.497 e. The SMILES string of the molecule is COc1ccc(N/C=C2/C(=O)c3sccc3N(Cc3ccc(Cl)cc3)S2(=O)=O)cc1. The first-order chi connectivity index (χ1) is 14.4. The number of nitrogens with one attached hydrogen (secondary N) is 1. The van der Waals surface area contributed by atoms with Crippen LogP contribution in [0, 0.1) is 0 Å². The number of halogens is 1. The van der Waals surface area contributed by atoms with E-state index in [1.807, 2.05) is 0 Å². The molecule has 1 aliphatic heterocycles. The lowest BCUT2D eigenvalue weighted by Gasteiger charge is -2.29. The number of benzene rings is 2. The van der Waals surface area contributed by atoms with Crippen molar-refractivity contribution in [2.24, 2.45) is 0 Å². The standard InChI is InChI=1S/C21H17ClN2O4S2/c1-28-17-8-6-16(7-9-17)23-12-19-20(25)21-18(10-11-29-21)24(30(19,26)27)13-14-2-4-15(22)5-3-14/h2-12,23H,13H2,1H3/b19-12-. The molecule has 0 fully saturated rings. The number of carbonyl (C=O) groups is 1. The van der Waals surface area contributed by atoms with Crippen LogP contribution in [0.25, 0.3) is 0 Å². The van der Waals surface area contributed by atoms with E-state index in [9.17, 15) is 13.2 Å². The molecule has 0 saturated heterocycles. The Kier molecular flexibility index (Phi) is 5.55. The fourth-order valence-corrected chi connectivity index (χ4v) is 5.66. The molecule has 2 heterocycles. The van der Waals surface area contributed by atoms with Gasteiger partial charge in [0, 0.05) is 16.9 Å². The monoisotopic (exact) mass is 460 g/mol. The van der Waals surface area contributed by atoms with Crippen molar-refractivity contribution in [2.45, 2.75) is 6.54 Å². The van der Waals surface area contributed by atoms with Gasteiger partial charge in [-0.25, -0.2) is 8.42 Å². The Morgan fingerprint density at radius 2 is 1.80 bits per heavy atom. The number of anilines is 2. The summed E-state index contributed by atoms with van der Waals surface area (Å²) in [6.07, 6.45) is 1.25. The van der Waals surface area contributed by atoms with Gasteiger partial charge in [0.1, 0.15) is 10.6 Å². The fraction of sp³-hybridized carbons (Fsp3) is 0.0952. The van der Waals surface area contributed by atoms with E-state index in [2.05, 4.69) is 5.32 Å².